The van der Waals surface area contributed by atoms with Crippen molar-refractivity contribution in [3.05, 3.63) is 0 Å². The fraction of sp³-hybridized carbons (Fsp3) is 0.933. The molecule has 0 spiro atoms. The van der Waals surface area contributed by atoms with Gasteiger partial charge in [0.2, 0.25) is 0 Å². The first-order valence-electron chi connectivity index (χ1n) is 7.72. The molecule has 20 heavy (non-hydrogen) atoms. The average Bonchev–Trinajstić information content (AvgIpc) is 2.44. The Hall–Kier alpha value is -0.420. The summed E-state index contributed by atoms with van der Waals surface area (Å²) < 4.78 is 5.81. The van der Waals surface area contributed by atoms with Crippen LogP contribution in [-0.4, -0.2) is 49.3 Å². The van der Waals surface area contributed by atoms with Crippen LogP contribution >= 0.6 is 11.8 Å². The minimum absolute atomic E-state index is 0.297. The van der Waals surface area contributed by atoms with Gasteiger partial charge in [-0.25, -0.2) is 0 Å². The van der Waals surface area contributed by atoms with Gasteiger partial charge in [0.1, 0.15) is 0 Å². The van der Waals surface area contributed by atoms with E-state index in [9.17, 15) is 0 Å². The Morgan fingerprint density at radius 2 is 1.95 bits per heavy atom. The Morgan fingerprint density at radius 3 is 2.45 bits per heavy atom. The summed E-state index contributed by atoms with van der Waals surface area (Å²) in [6.45, 7) is 11.6. The first kappa shape index (κ1) is 17.6. The summed E-state index contributed by atoms with van der Waals surface area (Å²) in [6.07, 6.45) is 2.24. The normalized spacial score (nSPS) is 20.8. The zero-order valence-electron chi connectivity index (χ0n) is 13.7. The van der Waals surface area contributed by atoms with Crippen LogP contribution in [0.3, 0.4) is 0 Å². The Morgan fingerprint density at radius 1 is 1.30 bits per heavy atom. The van der Waals surface area contributed by atoms with E-state index in [1.807, 2.05) is 7.05 Å². The molecular weight excluding hydrogens is 270 g/mol. The number of aliphatic imine (C=N–C) groups is 1. The molecule has 1 fully saturated rings. The van der Waals surface area contributed by atoms with E-state index < -0.39 is 0 Å². The molecular formula is C15H31N3OS. The van der Waals surface area contributed by atoms with Gasteiger partial charge in [0.25, 0.3) is 0 Å². The molecule has 0 bridgehead atoms. The van der Waals surface area contributed by atoms with E-state index >= 15 is 0 Å². The van der Waals surface area contributed by atoms with E-state index in [2.05, 4.69) is 55.1 Å². The quantitative estimate of drug-likeness (QED) is 0.584. The van der Waals surface area contributed by atoms with Gasteiger partial charge < -0.3 is 15.4 Å². The van der Waals surface area contributed by atoms with Crippen LogP contribution in [0.2, 0.25) is 0 Å². The van der Waals surface area contributed by atoms with Crippen molar-refractivity contribution in [3.8, 4) is 0 Å². The highest BCUT2D eigenvalue weighted by atomic mass is 32.2. The minimum Gasteiger partial charge on any atom is -0.381 e. The zero-order chi connectivity index (χ0) is 15.0. The van der Waals surface area contributed by atoms with Crippen LogP contribution in [0, 0.1) is 5.92 Å². The average molecular weight is 302 g/mol. The highest BCUT2D eigenvalue weighted by Gasteiger charge is 2.32. The number of rotatable bonds is 6. The molecule has 4 nitrogen and oxygen atoms in total. The van der Waals surface area contributed by atoms with Crippen molar-refractivity contribution in [1.82, 2.24) is 10.6 Å². The fourth-order valence-electron chi connectivity index (χ4n) is 2.24. The van der Waals surface area contributed by atoms with Crippen molar-refractivity contribution in [2.24, 2.45) is 10.9 Å². The van der Waals surface area contributed by atoms with Gasteiger partial charge in [-0.1, -0.05) is 20.8 Å². The predicted octanol–water partition coefficient (Wildman–Crippen LogP) is 2.50. The summed E-state index contributed by atoms with van der Waals surface area (Å²) in [6, 6.07) is 0.422. The van der Waals surface area contributed by atoms with Gasteiger partial charge in [0, 0.05) is 37.6 Å². The largest absolute Gasteiger partial charge is 0.381 e. The van der Waals surface area contributed by atoms with Crippen molar-refractivity contribution in [1.29, 1.82) is 0 Å². The Bertz CT molecular complexity index is 296. The van der Waals surface area contributed by atoms with Crippen LogP contribution < -0.4 is 10.6 Å². The predicted molar refractivity (Wildman–Crippen MR) is 89.7 cm³/mol. The molecule has 1 aliphatic rings. The summed E-state index contributed by atoms with van der Waals surface area (Å²) in [5, 5.41) is 6.98. The zero-order valence-corrected chi connectivity index (χ0v) is 14.5. The molecule has 0 radical (unpaired) electrons. The van der Waals surface area contributed by atoms with Crippen LogP contribution in [0.1, 0.15) is 40.5 Å². The number of nitrogens with one attached hydrogen (secondary N) is 2. The molecule has 0 saturated carbocycles. The van der Waals surface area contributed by atoms with Crippen molar-refractivity contribution in [2.45, 2.75) is 51.3 Å². The van der Waals surface area contributed by atoms with Crippen LogP contribution in [0.15, 0.2) is 4.99 Å². The van der Waals surface area contributed by atoms with E-state index in [0.717, 1.165) is 44.3 Å². The highest BCUT2D eigenvalue weighted by molar-refractivity contribution is 8.00. The van der Waals surface area contributed by atoms with E-state index in [4.69, 9.17) is 4.74 Å². The van der Waals surface area contributed by atoms with Crippen molar-refractivity contribution < 1.29 is 4.74 Å². The maximum absolute atomic E-state index is 5.51. The molecule has 0 aromatic carbocycles. The number of nitrogens with zero attached hydrogens (tertiary/aromatic N) is 1. The molecule has 1 heterocycles. The molecule has 1 aliphatic heterocycles. The third kappa shape index (κ3) is 5.52. The Kier molecular flexibility index (Phi) is 7.74. The summed E-state index contributed by atoms with van der Waals surface area (Å²) in [7, 11) is 1.84. The standard InChI is InChI=1S/C15H31N3OS/c1-6-20-15(7-9-19-10-8-15)11-17-14(16-5)18-13(4)12(2)3/h12-13H,6-11H2,1-5H3,(H2,16,17,18). The lowest BCUT2D eigenvalue weighted by molar-refractivity contribution is 0.0782. The molecule has 1 atom stereocenters. The molecule has 1 rings (SSSR count). The van der Waals surface area contributed by atoms with Crippen molar-refractivity contribution >= 4 is 17.7 Å². The van der Waals surface area contributed by atoms with Crippen LogP contribution in [0.25, 0.3) is 0 Å². The Balaban J connectivity index is 2.52. The lowest BCUT2D eigenvalue weighted by Gasteiger charge is -2.37. The maximum Gasteiger partial charge on any atom is 0.191 e. The van der Waals surface area contributed by atoms with E-state index in [0.29, 0.717) is 16.7 Å². The second-order valence-corrected chi connectivity index (χ2v) is 7.56. The molecule has 1 unspecified atom stereocenters. The van der Waals surface area contributed by atoms with Gasteiger partial charge in [0.15, 0.2) is 5.96 Å². The first-order chi connectivity index (χ1) is 9.53. The third-order valence-electron chi connectivity index (χ3n) is 4.02. The Labute approximate surface area is 128 Å². The second kappa shape index (κ2) is 8.78. The van der Waals surface area contributed by atoms with Crippen molar-refractivity contribution in [2.75, 3.05) is 32.6 Å². The molecule has 0 amide bonds. The van der Waals surface area contributed by atoms with Crippen LogP contribution in [-0.2, 0) is 4.74 Å². The van der Waals surface area contributed by atoms with Gasteiger partial charge in [0.05, 0.1) is 0 Å². The lowest BCUT2D eigenvalue weighted by Crippen LogP contribution is -2.50. The number of ether oxygens (including phenoxy) is 1. The molecule has 5 heteroatoms. The third-order valence-corrected chi connectivity index (χ3v) is 5.47. The second-order valence-electron chi connectivity index (χ2n) is 5.83. The molecule has 0 aliphatic carbocycles. The van der Waals surface area contributed by atoms with Crippen LogP contribution in [0.4, 0.5) is 0 Å². The number of hydrogen-bond acceptors (Lipinski definition) is 3. The van der Waals surface area contributed by atoms with Gasteiger partial charge in [-0.3, -0.25) is 4.99 Å². The molecule has 0 aromatic heterocycles. The summed E-state index contributed by atoms with van der Waals surface area (Å²) in [5.41, 5.74) is 0. The summed E-state index contributed by atoms with van der Waals surface area (Å²) in [4.78, 5) is 4.34. The number of guanidine groups is 1. The minimum atomic E-state index is 0.297. The smallest absolute Gasteiger partial charge is 0.191 e. The van der Waals surface area contributed by atoms with Crippen LogP contribution in [0.5, 0.6) is 0 Å². The maximum atomic E-state index is 5.51. The monoisotopic (exact) mass is 301 g/mol. The molecule has 0 aromatic rings. The highest BCUT2D eigenvalue weighted by Crippen LogP contribution is 2.34. The molecule has 1 saturated heterocycles. The summed E-state index contributed by atoms with van der Waals surface area (Å²) >= 11 is 2.05. The first-order valence-corrected chi connectivity index (χ1v) is 8.70. The van der Waals surface area contributed by atoms with E-state index in [1.54, 1.807) is 0 Å². The number of hydrogen-bond donors (Lipinski definition) is 2. The molecule has 2 N–H and O–H groups in total. The van der Waals surface area contributed by atoms with E-state index in [-0.39, 0.29) is 0 Å². The van der Waals surface area contributed by atoms with Crippen molar-refractivity contribution in [3.63, 3.8) is 0 Å². The number of thioether (sulfide) groups is 1. The van der Waals surface area contributed by atoms with E-state index in [1.165, 1.54) is 0 Å². The topological polar surface area (TPSA) is 45.7 Å². The van der Waals surface area contributed by atoms with Gasteiger partial charge >= 0.3 is 0 Å². The fourth-order valence-corrected chi connectivity index (χ4v) is 3.49. The van der Waals surface area contributed by atoms with Gasteiger partial charge in [-0.05, 0) is 31.4 Å². The lowest BCUT2D eigenvalue weighted by atomic mass is 9.99. The van der Waals surface area contributed by atoms with Gasteiger partial charge in [-0.15, -0.1) is 0 Å². The van der Waals surface area contributed by atoms with Gasteiger partial charge in [-0.2, -0.15) is 11.8 Å². The SMILES string of the molecule is CCSC1(CNC(=NC)NC(C)C(C)C)CCOCC1. The summed E-state index contributed by atoms with van der Waals surface area (Å²) in [5.74, 6) is 2.65. The molecule has 118 valence electrons.